The van der Waals surface area contributed by atoms with Gasteiger partial charge in [-0.05, 0) is 6.07 Å². The summed E-state index contributed by atoms with van der Waals surface area (Å²) >= 11 is 0. The Morgan fingerprint density at radius 1 is 1.50 bits per heavy atom. The second kappa shape index (κ2) is 4.97. The van der Waals surface area contributed by atoms with E-state index in [2.05, 4.69) is 10.2 Å². The van der Waals surface area contributed by atoms with Gasteiger partial charge in [0.25, 0.3) is 12.5 Å². The van der Waals surface area contributed by atoms with E-state index in [9.17, 15) is 9.18 Å². The van der Waals surface area contributed by atoms with Crippen molar-refractivity contribution in [3.63, 3.8) is 0 Å². The molecule has 14 heavy (non-hydrogen) atoms. The van der Waals surface area contributed by atoms with Crippen LogP contribution in [0.5, 0.6) is 0 Å². The molecule has 0 saturated heterocycles. The second-order valence-corrected chi connectivity index (χ2v) is 2.68. The Balaban J connectivity index is 2.51. The molecule has 4 heteroatoms. The molecule has 72 valence electrons. The van der Waals surface area contributed by atoms with Gasteiger partial charge in [-0.1, -0.05) is 18.2 Å². The fourth-order valence-electron chi connectivity index (χ4n) is 0.963. The van der Waals surface area contributed by atoms with Gasteiger partial charge in [-0.25, -0.2) is 11.0 Å². The van der Waals surface area contributed by atoms with E-state index in [-0.39, 0.29) is 24.8 Å². The van der Waals surface area contributed by atoms with Crippen LogP contribution in [0.25, 0.3) is 4.85 Å². The number of benzene rings is 1. The van der Waals surface area contributed by atoms with Crippen LogP contribution in [-0.4, -0.2) is 12.5 Å². The summed E-state index contributed by atoms with van der Waals surface area (Å²) in [5.74, 6) is -0.737. The zero-order chi connectivity index (χ0) is 10.4. The molecule has 0 spiro atoms. The summed E-state index contributed by atoms with van der Waals surface area (Å²) in [4.78, 5) is 13.8. The van der Waals surface area contributed by atoms with Crippen molar-refractivity contribution < 1.29 is 9.18 Å². The smallest absolute Gasteiger partial charge is 0.300 e. The zero-order valence-electron chi connectivity index (χ0n) is 7.46. The summed E-state index contributed by atoms with van der Waals surface area (Å²) in [6, 6.07) is 6.20. The summed E-state index contributed by atoms with van der Waals surface area (Å²) in [5.41, 5.74) is 0.422. The highest BCUT2D eigenvalue weighted by Gasteiger charge is 2.05. The van der Waals surface area contributed by atoms with E-state index >= 15 is 0 Å². The van der Waals surface area contributed by atoms with Crippen molar-refractivity contribution in [1.29, 1.82) is 0 Å². The van der Waals surface area contributed by atoms with Gasteiger partial charge < -0.3 is 10.2 Å². The Morgan fingerprint density at radius 3 is 2.86 bits per heavy atom. The molecule has 1 aromatic rings. The lowest BCUT2D eigenvalue weighted by molar-refractivity contribution is -0.119. The lowest BCUT2D eigenvalue weighted by atomic mass is 10.2. The van der Waals surface area contributed by atoms with Gasteiger partial charge in [-0.3, -0.25) is 4.79 Å². The van der Waals surface area contributed by atoms with E-state index in [0.717, 1.165) is 0 Å². The van der Waals surface area contributed by atoms with Crippen LogP contribution in [0.2, 0.25) is 0 Å². The van der Waals surface area contributed by atoms with Crippen LogP contribution in [0.3, 0.4) is 0 Å². The minimum absolute atomic E-state index is 0.126. The first kappa shape index (κ1) is 10.2. The fraction of sp³-hybridized carbons (Fsp3) is 0.200. The molecule has 1 rings (SSSR count). The average molecular weight is 192 g/mol. The number of carbonyl (C=O) groups is 1. The summed E-state index contributed by atoms with van der Waals surface area (Å²) in [5, 5.41) is 2.45. The maximum atomic E-state index is 13.0. The van der Waals surface area contributed by atoms with Crippen LogP contribution < -0.4 is 5.32 Å². The third-order valence-corrected chi connectivity index (χ3v) is 1.66. The van der Waals surface area contributed by atoms with E-state index < -0.39 is 0 Å². The number of hydrogen-bond acceptors (Lipinski definition) is 1. The van der Waals surface area contributed by atoms with Gasteiger partial charge in [0.15, 0.2) is 0 Å². The molecule has 1 aromatic carbocycles. The van der Waals surface area contributed by atoms with Gasteiger partial charge in [-0.15, -0.1) is 0 Å². The van der Waals surface area contributed by atoms with Crippen molar-refractivity contribution in [3.8, 4) is 0 Å². The van der Waals surface area contributed by atoms with Crippen LogP contribution in [-0.2, 0) is 11.3 Å². The lowest BCUT2D eigenvalue weighted by Crippen LogP contribution is -2.24. The van der Waals surface area contributed by atoms with E-state index in [1.807, 2.05) is 0 Å². The van der Waals surface area contributed by atoms with Crippen molar-refractivity contribution in [2.24, 2.45) is 0 Å². The minimum Gasteiger partial charge on any atom is -0.345 e. The van der Waals surface area contributed by atoms with Gasteiger partial charge in [0.05, 0.1) is 0 Å². The lowest BCUT2D eigenvalue weighted by Gasteiger charge is -2.02. The highest BCUT2D eigenvalue weighted by Crippen LogP contribution is 2.05. The van der Waals surface area contributed by atoms with E-state index in [4.69, 9.17) is 6.57 Å². The zero-order valence-corrected chi connectivity index (χ0v) is 7.46. The first-order chi connectivity index (χ1) is 6.74. The highest BCUT2D eigenvalue weighted by molar-refractivity contribution is 5.79. The molecule has 0 bridgehead atoms. The number of nitrogens with one attached hydrogen (secondary N) is 1. The average Bonchev–Trinajstić information content (AvgIpc) is 2.17. The van der Waals surface area contributed by atoms with Crippen LogP contribution >= 0.6 is 0 Å². The van der Waals surface area contributed by atoms with Crippen LogP contribution in [0.1, 0.15) is 5.56 Å². The summed E-state index contributed by atoms with van der Waals surface area (Å²) in [7, 11) is 0. The normalized spacial score (nSPS) is 9.14. The molecular weight excluding hydrogens is 183 g/mol. The minimum atomic E-state index is -0.386. The molecule has 0 aliphatic rings. The molecule has 0 fully saturated rings. The fourth-order valence-corrected chi connectivity index (χ4v) is 0.963. The molecule has 1 amide bonds. The quantitative estimate of drug-likeness (QED) is 0.721. The molecule has 0 aliphatic carbocycles. The largest absolute Gasteiger partial charge is 0.345 e. The summed E-state index contributed by atoms with van der Waals surface area (Å²) in [6.07, 6.45) is 0. The number of amides is 1. The van der Waals surface area contributed by atoms with Crippen molar-refractivity contribution in [1.82, 2.24) is 5.32 Å². The number of carbonyl (C=O) groups excluding carboxylic acids is 1. The van der Waals surface area contributed by atoms with Gasteiger partial charge >= 0.3 is 0 Å². The monoisotopic (exact) mass is 192 g/mol. The standard InChI is InChI=1S/C10H9FN2O/c1-12-7-10(14)13-6-8-4-2-3-5-9(8)11/h2-5H,6-7H2,(H,13,14). The second-order valence-electron chi connectivity index (χ2n) is 2.68. The topological polar surface area (TPSA) is 33.5 Å². The van der Waals surface area contributed by atoms with Gasteiger partial charge in [0, 0.05) is 12.1 Å². The van der Waals surface area contributed by atoms with Crippen LogP contribution in [0, 0.1) is 12.4 Å². The molecule has 0 saturated carbocycles. The number of hydrogen-bond donors (Lipinski definition) is 1. The number of halogens is 1. The van der Waals surface area contributed by atoms with Crippen molar-refractivity contribution in [2.75, 3.05) is 6.54 Å². The molecule has 0 radical (unpaired) electrons. The van der Waals surface area contributed by atoms with Gasteiger partial charge in [0.1, 0.15) is 5.82 Å². The molecule has 0 atom stereocenters. The first-order valence-corrected chi connectivity index (χ1v) is 4.07. The Hall–Kier alpha value is -1.89. The van der Waals surface area contributed by atoms with Crippen molar-refractivity contribution in [3.05, 3.63) is 47.1 Å². The Morgan fingerprint density at radius 2 is 2.21 bits per heavy atom. The summed E-state index contributed by atoms with van der Waals surface area (Å²) in [6.45, 7) is 6.36. The Kier molecular flexibility index (Phi) is 3.62. The molecule has 0 aliphatic heterocycles. The summed E-state index contributed by atoms with van der Waals surface area (Å²) < 4.78 is 13.0. The third kappa shape index (κ3) is 2.87. The maximum Gasteiger partial charge on any atom is 0.300 e. The maximum absolute atomic E-state index is 13.0. The van der Waals surface area contributed by atoms with Crippen LogP contribution in [0.15, 0.2) is 24.3 Å². The molecular formula is C10H9FN2O. The SMILES string of the molecule is [C-]#[N+]CC(=O)NCc1ccccc1F. The van der Waals surface area contributed by atoms with E-state index in [1.54, 1.807) is 18.2 Å². The Bertz CT molecular complexity index is 371. The highest BCUT2D eigenvalue weighted by atomic mass is 19.1. The van der Waals surface area contributed by atoms with Crippen LogP contribution in [0.4, 0.5) is 4.39 Å². The van der Waals surface area contributed by atoms with E-state index in [1.165, 1.54) is 6.07 Å². The van der Waals surface area contributed by atoms with E-state index in [0.29, 0.717) is 5.56 Å². The predicted octanol–water partition coefficient (Wildman–Crippen LogP) is 1.36. The van der Waals surface area contributed by atoms with Crippen molar-refractivity contribution in [2.45, 2.75) is 6.54 Å². The third-order valence-electron chi connectivity index (χ3n) is 1.66. The predicted molar refractivity (Wildman–Crippen MR) is 49.7 cm³/mol. The first-order valence-electron chi connectivity index (χ1n) is 4.07. The molecule has 0 heterocycles. The Labute approximate surface area is 81.4 Å². The molecule has 3 nitrogen and oxygen atoms in total. The van der Waals surface area contributed by atoms with Gasteiger partial charge in [-0.2, -0.15) is 0 Å². The molecule has 0 aromatic heterocycles. The van der Waals surface area contributed by atoms with Crippen molar-refractivity contribution >= 4 is 5.91 Å². The number of nitrogens with zero attached hydrogens (tertiary/aromatic N) is 1. The van der Waals surface area contributed by atoms with Gasteiger partial charge in [0.2, 0.25) is 0 Å². The molecule has 1 N–H and O–H groups in total. The molecule has 0 unspecified atom stereocenters. The number of rotatable bonds is 3.